The van der Waals surface area contributed by atoms with Gasteiger partial charge in [0.25, 0.3) is 11.6 Å². The van der Waals surface area contributed by atoms with E-state index < -0.39 is 4.92 Å². The normalized spacial score (nSPS) is 15.5. The zero-order valence-electron chi connectivity index (χ0n) is 9.47. The molecule has 0 bridgehead atoms. The summed E-state index contributed by atoms with van der Waals surface area (Å²) in [5.41, 5.74) is 0.294. The Kier molecular flexibility index (Phi) is 4.23. The summed E-state index contributed by atoms with van der Waals surface area (Å²) in [6, 6.07) is 4.34. The first-order valence-electron chi connectivity index (χ1n) is 5.40. The van der Waals surface area contributed by atoms with Crippen LogP contribution in [0, 0.1) is 10.1 Å². The van der Waals surface area contributed by atoms with E-state index in [-0.39, 0.29) is 11.6 Å². The van der Waals surface area contributed by atoms with Crippen molar-refractivity contribution in [1.29, 1.82) is 0 Å². The van der Waals surface area contributed by atoms with Crippen LogP contribution in [0.2, 0.25) is 0 Å². The van der Waals surface area contributed by atoms with Crippen molar-refractivity contribution in [2.75, 3.05) is 24.6 Å². The van der Waals surface area contributed by atoms with Gasteiger partial charge in [0.15, 0.2) is 0 Å². The van der Waals surface area contributed by atoms with Crippen molar-refractivity contribution in [1.82, 2.24) is 4.90 Å². The number of carbonyl (C=O) groups is 1. The maximum Gasteiger partial charge on any atom is 0.271 e. The fourth-order valence-electron chi connectivity index (χ4n) is 1.75. The molecule has 2 rings (SSSR count). The van der Waals surface area contributed by atoms with Gasteiger partial charge in [0, 0.05) is 46.8 Å². The molecular formula is C11H11BrN2O3S. The van der Waals surface area contributed by atoms with Crippen molar-refractivity contribution in [2.45, 2.75) is 0 Å². The molecule has 0 aromatic heterocycles. The van der Waals surface area contributed by atoms with Crippen molar-refractivity contribution in [3.05, 3.63) is 38.3 Å². The molecule has 1 saturated heterocycles. The third-order valence-electron chi connectivity index (χ3n) is 2.64. The Morgan fingerprint density at radius 1 is 1.33 bits per heavy atom. The summed E-state index contributed by atoms with van der Waals surface area (Å²) in [6.45, 7) is 1.40. The van der Waals surface area contributed by atoms with Crippen molar-refractivity contribution < 1.29 is 9.72 Å². The number of nitro benzene ring substituents is 1. The Labute approximate surface area is 117 Å². The average molecular weight is 331 g/mol. The summed E-state index contributed by atoms with van der Waals surface area (Å²) in [5, 5.41) is 10.8. The van der Waals surface area contributed by atoms with Gasteiger partial charge in [-0.2, -0.15) is 11.8 Å². The molecule has 0 atom stereocenters. The molecule has 0 radical (unpaired) electrons. The first-order valence-corrected chi connectivity index (χ1v) is 7.35. The molecular weight excluding hydrogens is 320 g/mol. The van der Waals surface area contributed by atoms with E-state index in [0.717, 1.165) is 11.5 Å². The minimum Gasteiger partial charge on any atom is -0.337 e. The van der Waals surface area contributed by atoms with Gasteiger partial charge in [-0.25, -0.2) is 0 Å². The van der Waals surface area contributed by atoms with E-state index in [0.29, 0.717) is 23.1 Å². The molecule has 1 aromatic rings. The van der Waals surface area contributed by atoms with Crippen LogP contribution in [0.25, 0.3) is 0 Å². The van der Waals surface area contributed by atoms with Gasteiger partial charge in [0.05, 0.1) is 4.92 Å². The number of nitrogens with zero attached hydrogens (tertiary/aromatic N) is 2. The molecule has 0 unspecified atom stereocenters. The van der Waals surface area contributed by atoms with E-state index >= 15 is 0 Å². The highest BCUT2D eigenvalue weighted by molar-refractivity contribution is 9.10. The number of hydrogen-bond donors (Lipinski definition) is 0. The highest BCUT2D eigenvalue weighted by Crippen LogP contribution is 2.23. The monoisotopic (exact) mass is 330 g/mol. The molecule has 1 fully saturated rings. The molecule has 0 aliphatic carbocycles. The SMILES string of the molecule is O=C(c1cc(Br)cc([N+](=O)[O-])c1)N1CCSCC1. The van der Waals surface area contributed by atoms with Crippen LogP contribution in [0.15, 0.2) is 22.7 Å². The summed E-state index contributed by atoms with van der Waals surface area (Å²) in [6.07, 6.45) is 0. The van der Waals surface area contributed by atoms with Gasteiger partial charge in [-0.1, -0.05) is 15.9 Å². The lowest BCUT2D eigenvalue weighted by Gasteiger charge is -2.26. The molecule has 18 heavy (non-hydrogen) atoms. The Balaban J connectivity index is 2.26. The molecule has 0 saturated carbocycles. The second-order valence-corrected chi connectivity index (χ2v) is 6.00. The lowest BCUT2D eigenvalue weighted by Crippen LogP contribution is -2.37. The molecule has 0 spiro atoms. The molecule has 5 nitrogen and oxygen atoms in total. The molecule has 1 amide bonds. The fourth-order valence-corrected chi connectivity index (χ4v) is 3.14. The molecule has 7 heteroatoms. The molecule has 96 valence electrons. The van der Waals surface area contributed by atoms with Crippen molar-refractivity contribution in [3.8, 4) is 0 Å². The largest absolute Gasteiger partial charge is 0.337 e. The third-order valence-corrected chi connectivity index (χ3v) is 4.04. The molecule has 0 N–H and O–H groups in total. The Bertz CT molecular complexity index is 489. The zero-order valence-corrected chi connectivity index (χ0v) is 11.9. The lowest BCUT2D eigenvalue weighted by atomic mass is 10.1. The number of benzene rings is 1. The first-order chi connectivity index (χ1) is 8.58. The van der Waals surface area contributed by atoms with Gasteiger partial charge in [-0.3, -0.25) is 14.9 Å². The number of non-ortho nitro benzene ring substituents is 1. The van der Waals surface area contributed by atoms with Gasteiger partial charge in [-0.15, -0.1) is 0 Å². The van der Waals surface area contributed by atoms with E-state index in [4.69, 9.17) is 0 Å². The highest BCUT2D eigenvalue weighted by atomic mass is 79.9. The quantitative estimate of drug-likeness (QED) is 0.617. The summed E-state index contributed by atoms with van der Waals surface area (Å²) in [4.78, 5) is 24.2. The topological polar surface area (TPSA) is 63.4 Å². The van der Waals surface area contributed by atoms with Gasteiger partial charge >= 0.3 is 0 Å². The van der Waals surface area contributed by atoms with Crippen LogP contribution in [-0.2, 0) is 0 Å². The number of rotatable bonds is 2. The van der Waals surface area contributed by atoms with Crippen LogP contribution in [0.4, 0.5) is 5.69 Å². The maximum absolute atomic E-state index is 12.2. The van der Waals surface area contributed by atoms with Crippen LogP contribution in [0.5, 0.6) is 0 Å². The van der Waals surface area contributed by atoms with E-state index in [2.05, 4.69) is 15.9 Å². The lowest BCUT2D eigenvalue weighted by molar-refractivity contribution is -0.385. The van der Waals surface area contributed by atoms with Gasteiger partial charge in [0.2, 0.25) is 0 Å². The summed E-state index contributed by atoms with van der Waals surface area (Å²) < 4.78 is 0.548. The third kappa shape index (κ3) is 3.02. The van der Waals surface area contributed by atoms with Crippen LogP contribution < -0.4 is 0 Å². The van der Waals surface area contributed by atoms with Crippen LogP contribution in [0.3, 0.4) is 0 Å². The molecule has 1 aromatic carbocycles. The number of halogens is 1. The standard InChI is InChI=1S/C11H11BrN2O3S/c12-9-5-8(6-10(7-9)14(16)17)11(15)13-1-3-18-4-2-13/h5-7H,1-4H2. The van der Waals surface area contributed by atoms with Crippen LogP contribution >= 0.6 is 27.7 Å². The van der Waals surface area contributed by atoms with Gasteiger partial charge in [0.1, 0.15) is 0 Å². The number of hydrogen-bond acceptors (Lipinski definition) is 4. The minimum absolute atomic E-state index is 0.0703. The molecule has 1 aliphatic rings. The Morgan fingerprint density at radius 2 is 2.00 bits per heavy atom. The maximum atomic E-state index is 12.2. The second kappa shape index (κ2) is 5.71. The number of carbonyl (C=O) groups excluding carboxylic acids is 1. The summed E-state index contributed by atoms with van der Waals surface area (Å²) in [5.74, 6) is 1.70. The molecule has 1 aliphatic heterocycles. The summed E-state index contributed by atoms with van der Waals surface area (Å²) in [7, 11) is 0. The second-order valence-electron chi connectivity index (χ2n) is 3.86. The van der Waals surface area contributed by atoms with Crippen molar-refractivity contribution in [3.63, 3.8) is 0 Å². The number of amides is 1. The Hall–Kier alpha value is -1.08. The predicted molar refractivity (Wildman–Crippen MR) is 74.0 cm³/mol. The van der Waals surface area contributed by atoms with E-state index in [9.17, 15) is 14.9 Å². The first kappa shape index (κ1) is 13.4. The van der Waals surface area contributed by atoms with Gasteiger partial charge < -0.3 is 4.90 Å². The predicted octanol–water partition coefficient (Wildman–Crippen LogP) is 2.55. The van der Waals surface area contributed by atoms with Crippen LogP contribution in [-0.4, -0.2) is 40.3 Å². The smallest absolute Gasteiger partial charge is 0.271 e. The average Bonchev–Trinajstić information content (AvgIpc) is 2.38. The fraction of sp³-hybridized carbons (Fsp3) is 0.364. The van der Waals surface area contributed by atoms with Crippen LogP contribution in [0.1, 0.15) is 10.4 Å². The molecule has 1 heterocycles. The summed E-state index contributed by atoms with van der Waals surface area (Å²) >= 11 is 5.01. The highest BCUT2D eigenvalue weighted by Gasteiger charge is 2.21. The van der Waals surface area contributed by atoms with Gasteiger partial charge in [-0.05, 0) is 6.07 Å². The minimum atomic E-state index is -0.492. The number of thioether (sulfide) groups is 1. The number of nitro groups is 1. The van der Waals surface area contributed by atoms with Crippen molar-refractivity contribution in [2.24, 2.45) is 0 Å². The van der Waals surface area contributed by atoms with Crippen molar-refractivity contribution >= 4 is 39.3 Å². The van der Waals surface area contributed by atoms with E-state index in [1.54, 1.807) is 11.0 Å². The van der Waals surface area contributed by atoms with E-state index in [1.165, 1.54) is 12.1 Å². The zero-order chi connectivity index (χ0) is 13.1. The van der Waals surface area contributed by atoms with E-state index in [1.807, 2.05) is 11.8 Å². The Morgan fingerprint density at radius 3 is 2.61 bits per heavy atom.